The normalized spacial score (nSPS) is 17.0. The molecule has 6 N–H and O–H groups in total. The zero-order valence-corrected chi connectivity index (χ0v) is 39.6. The zero-order chi connectivity index (χ0) is 46.1. The van der Waals surface area contributed by atoms with Gasteiger partial charge >= 0.3 is 11.4 Å². The number of carbonyl (C=O) groups is 1. The van der Waals surface area contributed by atoms with Crippen LogP contribution in [0.1, 0.15) is 99.3 Å². The first kappa shape index (κ1) is 47.7. The Labute approximate surface area is 397 Å². The first-order valence-electron chi connectivity index (χ1n) is 22.1. The summed E-state index contributed by atoms with van der Waals surface area (Å²) >= 11 is 0. The van der Waals surface area contributed by atoms with E-state index < -0.39 is 23.3 Å². The molecule has 19 heteroatoms. The molecule has 1 aliphatic carbocycles. The molecule has 0 saturated carbocycles. The summed E-state index contributed by atoms with van der Waals surface area (Å²) in [6, 6.07) is 8.90. The predicted molar refractivity (Wildman–Crippen MR) is 261 cm³/mol. The van der Waals surface area contributed by atoms with Crippen LogP contribution in [0.3, 0.4) is 0 Å². The number of imidazole rings is 1. The van der Waals surface area contributed by atoms with Crippen molar-refractivity contribution in [3.05, 3.63) is 133 Å². The van der Waals surface area contributed by atoms with E-state index in [-0.39, 0.29) is 84.7 Å². The van der Waals surface area contributed by atoms with E-state index in [9.17, 15) is 9.59 Å². The van der Waals surface area contributed by atoms with Crippen molar-refractivity contribution in [2.45, 2.75) is 91.1 Å². The van der Waals surface area contributed by atoms with Gasteiger partial charge in [0.15, 0.2) is 11.6 Å². The van der Waals surface area contributed by atoms with E-state index in [0.717, 1.165) is 46.6 Å². The Morgan fingerprint density at radius 2 is 1.83 bits per heavy atom. The fraction of sp³-hybridized carbons (Fsp3) is 0.383. The number of nitrogens with zero attached hydrogens (tertiary/aromatic N) is 7. The molecule has 4 aromatic heterocycles. The van der Waals surface area contributed by atoms with Crippen molar-refractivity contribution in [1.82, 2.24) is 33.7 Å². The summed E-state index contributed by atoms with van der Waals surface area (Å²) < 4.78 is 45.4. The maximum absolute atomic E-state index is 15.8. The summed E-state index contributed by atoms with van der Waals surface area (Å²) in [4.78, 5) is 55.7. The lowest BCUT2D eigenvalue weighted by atomic mass is 9.92. The maximum Gasteiger partial charge on any atom is 0.438 e. The Kier molecular flexibility index (Phi) is 14.5. The first-order valence-corrected chi connectivity index (χ1v) is 22.1. The van der Waals surface area contributed by atoms with Crippen LogP contribution in [0.5, 0.6) is 0 Å². The summed E-state index contributed by atoms with van der Waals surface area (Å²) in [6.07, 6.45) is 9.68. The standard InChI is InChI=1S/C45H47F2N11O5.C2H6.HI.H2/c1-24(18-38-53-44(60)63-54-38)23-58-37(20-27-19-28(22-51-41(27)58)26-11-16-62-17-12-26)43(59)55-13-10-34(50)39(25(55)2)42(52-35-8-6-32(46)29-4-3-5-30(29)35)57-15-14-56(45(57)61)36-9-7-33(49)31(21-48)40(36)47;1-2;;/h6-9,14-15,19-22,24-26,48H,3-5,10-13,16-18,23,49-50H2,1-2H3,(H,53,54,60);1-2H3;2*1H. The van der Waals surface area contributed by atoms with Gasteiger partial charge in [-0.05, 0) is 104 Å². The minimum Gasteiger partial charge on any atom is -0.402 e. The number of halogens is 3. The molecule has 2 atom stereocenters. The fourth-order valence-corrected chi connectivity index (χ4v) is 9.34. The van der Waals surface area contributed by atoms with Gasteiger partial charge < -0.3 is 31.1 Å². The average molecular weight is 1020 g/mol. The van der Waals surface area contributed by atoms with Crippen molar-refractivity contribution in [2.24, 2.45) is 16.6 Å². The predicted octanol–water partition coefficient (Wildman–Crippen LogP) is 7.40. The SMILES string of the molecule is CC.CC(Cc1noc(=O)[nH]1)Cn1c(C(=O)N2CCC(N)=C(C(=Nc3ccc(F)c4c3CCC4)n3ccn(-c4ccc(N)c(C=N)c4F)c3=O)C2C)cc2cc(C3CCOCC3)cnc21.I.[HH]. The van der Waals surface area contributed by atoms with Crippen LogP contribution < -0.4 is 22.9 Å². The highest BCUT2D eigenvalue weighted by molar-refractivity contribution is 14.0. The first-order chi connectivity index (χ1) is 31.4. The van der Waals surface area contributed by atoms with Crippen LogP contribution in [0.2, 0.25) is 0 Å². The van der Waals surface area contributed by atoms with Gasteiger partial charge in [0, 0.05) is 87.7 Å². The second-order valence-corrected chi connectivity index (χ2v) is 16.6. The Bertz CT molecular complexity index is 2980. The fourth-order valence-electron chi connectivity index (χ4n) is 9.34. The molecule has 3 aliphatic rings. The highest BCUT2D eigenvalue weighted by Crippen LogP contribution is 2.36. The molecule has 1 saturated heterocycles. The van der Waals surface area contributed by atoms with Crippen molar-refractivity contribution < 1.29 is 24.3 Å². The second kappa shape index (κ2) is 20.1. The van der Waals surface area contributed by atoms with Crippen molar-refractivity contribution in [2.75, 3.05) is 25.5 Å². The van der Waals surface area contributed by atoms with E-state index in [1.165, 1.54) is 35.2 Å². The highest BCUT2D eigenvalue weighted by Gasteiger charge is 2.36. The molecular weight excluding hydrogens is 963 g/mol. The number of aromatic amines is 1. The average Bonchev–Trinajstić information content (AvgIpc) is 4.12. The number of nitrogen functional groups attached to an aromatic ring is 1. The molecule has 2 aromatic carbocycles. The van der Waals surface area contributed by atoms with Gasteiger partial charge in [0.2, 0.25) is 0 Å². The summed E-state index contributed by atoms with van der Waals surface area (Å²) in [6.45, 7) is 9.72. The lowest BCUT2D eigenvalue weighted by molar-refractivity contribution is 0.0698. The number of anilines is 1. The monoisotopic (exact) mass is 1020 g/mol. The van der Waals surface area contributed by atoms with Gasteiger partial charge in [-0.2, -0.15) is 0 Å². The summed E-state index contributed by atoms with van der Waals surface area (Å²) in [5, 5.41) is 12.4. The molecule has 2 aliphatic heterocycles. The molecule has 2 unspecified atom stereocenters. The smallest absolute Gasteiger partial charge is 0.402 e. The molecule has 6 aromatic rings. The number of nitrogens with two attached hydrogens (primary N) is 2. The van der Waals surface area contributed by atoms with Crippen LogP contribution >= 0.6 is 24.0 Å². The summed E-state index contributed by atoms with van der Waals surface area (Å²) in [5.74, 6) is -1.51. The lowest BCUT2D eigenvalue weighted by Gasteiger charge is -2.36. The molecule has 350 valence electrons. The number of ether oxygens (including phenoxy) is 1. The molecule has 0 radical (unpaired) electrons. The van der Waals surface area contributed by atoms with Gasteiger partial charge in [-0.25, -0.2) is 28.3 Å². The van der Waals surface area contributed by atoms with Crippen LogP contribution in [-0.2, 0) is 30.5 Å². The third kappa shape index (κ3) is 9.01. The van der Waals surface area contributed by atoms with E-state index in [2.05, 4.69) is 16.2 Å². The number of fused-ring (bicyclic) bond motifs is 2. The van der Waals surface area contributed by atoms with Gasteiger partial charge in [0.05, 0.1) is 23.0 Å². The van der Waals surface area contributed by atoms with Crippen LogP contribution in [0.25, 0.3) is 16.7 Å². The van der Waals surface area contributed by atoms with Crippen LogP contribution in [-0.4, -0.2) is 77.5 Å². The number of aromatic nitrogens is 6. The lowest BCUT2D eigenvalue weighted by Crippen LogP contribution is -2.48. The van der Waals surface area contributed by atoms with Crippen LogP contribution in [0.15, 0.2) is 85.4 Å². The van der Waals surface area contributed by atoms with Gasteiger partial charge in [-0.3, -0.25) is 23.4 Å². The van der Waals surface area contributed by atoms with Gasteiger partial charge in [0.25, 0.3) is 5.91 Å². The van der Waals surface area contributed by atoms with Crippen molar-refractivity contribution in [3.63, 3.8) is 0 Å². The molecule has 6 heterocycles. The topological polar surface area (TPSA) is 221 Å². The number of benzene rings is 2. The number of H-pyrrole nitrogens is 1. The number of aliphatic imine (C=N–C) groups is 1. The Hall–Kier alpha value is -6.22. The Morgan fingerprint density at radius 3 is 2.56 bits per heavy atom. The molecule has 1 amide bonds. The van der Waals surface area contributed by atoms with Crippen molar-refractivity contribution in [1.29, 1.82) is 5.41 Å². The molecule has 1 fully saturated rings. The van der Waals surface area contributed by atoms with Crippen LogP contribution in [0.4, 0.5) is 20.2 Å². The quantitative estimate of drug-likeness (QED) is 0.0464. The number of carbonyl (C=O) groups excluding carboxylic acids is 1. The minimum absolute atomic E-state index is 0. The number of pyridine rings is 1. The molecule has 0 bridgehead atoms. The van der Waals surface area contributed by atoms with Crippen molar-refractivity contribution in [3.8, 4) is 5.69 Å². The number of hydrogen-bond donors (Lipinski definition) is 4. The third-order valence-electron chi connectivity index (χ3n) is 12.6. The summed E-state index contributed by atoms with van der Waals surface area (Å²) in [7, 11) is 0. The van der Waals surface area contributed by atoms with Crippen LogP contribution in [0, 0.1) is 23.0 Å². The van der Waals surface area contributed by atoms with Gasteiger partial charge in [-0.15, -0.1) is 24.0 Å². The van der Waals surface area contributed by atoms with E-state index in [1.807, 2.05) is 44.5 Å². The summed E-state index contributed by atoms with van der Waals surface area (Å²) in [5.41, 5.74) is 16.5. The van der Waals surface area contributed by atoms with Gasteiger partial charge in [0.1, 0.15) is 23.0 Å². The van der Waals surface area contributed by atoms with E-state index in [0.29, 0.717) is 78.7 Å². The molecule has 66 heavy (non-hydrogen) atoms. The zero-order valence-electron chi connectivity index (χ0n) is 37.3. The molecule has 0 spiro atoms. The molecule has 16 nitrogen and oxygen atoms in total. The highest BCUT2D eigenvalue weighted by atomic mass is 127. The maximum atomic E-state index is 15.8. The van der Waals surface area contributed by atoms with E-state index in [4.69, 9.17) is 36.1 Å². The number of nitrogens with one attached hydrogen (secondary N) is 2. The Morgan fingerprint density at radius 1 is 1.08 bits per heavy atom. The number of hydrogen-bond acceptors (Lipinski definition) is 11. The number of rotatable bonds is 10. The van der Waals surface area contributed by atoms with E-state index in [1.54, 1.807) is 11.0 Å². The number of amides is 1. The largest absolute Gasteiger partial charge is 0.438 e. The Balaban J connectivity index is 0.00000183. The van der Waals surface area contributed by atoms with Crippen molar-refractivity contribution >= 4 is 64.3 Å². The minimum atomic E-state index is -0.852. The molecular formula is C47H56F2IN11O5. The van der Waals surface area contributed by atoms with E-state index >= 15 is 13.6 Å². The molecule has 9 rings (SSSR count). The van der Waals surface area contributed by atoms with Gasteiger partial charge in [-0.1, -0.05) is 25.9 Å². The third-order valence-corrected chi connectivity index (χ3v) is 12.6. The second-order valence-electron chi connectivity index (χ2n) is 16.6.